The number of methoxy groups -OCH3 is 1. The largest absolute Gasteiger partial charge is 0.379 e. The van der Waals surface area contributed by atoms with Crippen molar-refractivity contribution in [2.45, 2.75) is 77.5 Å². The lowest BCUT2D eigenvalue weighted by atomic mass is 9.73. The highest BCUT2D eigenvalue weighted by Gasteiger charge is 2.50. The molecule has 0 aromatic carbocycles. The van der Waals surface area contributed by atoms with Crippen LogP contribution in [0, 0.1) is 11.3 Å². The number of rotatable bonds is 8. The number of nitrogens with one attached hydrogen (secondary N) is 1. The molecule has 0 radical (unpaired) electrons. The standard InChI is InChI=1S/C17H33NO2/c1-13(2)18-12-17(9-8-16(3,4)19-5)10-11-20-15(17)14-6-7-14/h13-15,18H,6-12H2,1-5H3. The maximum atomic E-state index is 6.14. The maximum absolute atomic E-state index is 6.14. The van der Waals surface area contributed by atoms with Gasteiger partial charge in [-0.05, 0) is 51.9 Å². The Bertz CT molecular complexity index is 312. The summed E-state index contributed by atoms with van der Waals surface area (Å²) in [4.78, 5) is 0. The Balaban J connectivity index is 2.03. The Kier molecular flexibility index (Phi) is 5.14. The Morgan fingerprint density at radius 1 is 1.35 bits per heavy atom. The van der Waals surface area contributed by atoms with E-state index < -0.39 is 0 Å². The summed E-state index contributed by atoms with van der Waals surface area (Å²) in [6.07, 6.45) is 6.71. The Morgan fingerprint density at radius 2 is 2.05 bits per heavy atom. The van der Waals surface area contributed by atoms with Gasteiger partial charge in [0.1, 0.15) is 0 Å². The summed E-state index contributed by atoms with van der Waals surface area (Å²) in [5.41, 5.74) is 0.294. The molecule has 0 amide bonds. The molecule has 2 aliphatic rings. The molecular formula is C17H33NO2. The second-order valence-corrected chi connectivity index (χ2v) is 7.74. The van der Waals surface area contributed by atoms with E-state index in [4.69, 9.17) is 9.47 Å². The summed E-state index contributed by atoms with van der Waals surface area (Å²) in [5.74, 6) is 0.817. The monoisotopic (exact) mass is 283 g/mol. The van der Waals surface area contributed by atoms with Gasteiger partial charge >= 0.3 is 0 Å². The molecule has 1 saturated heterocycles. The molecule has 1 aliphatic heterocycles. The van der Waals surface area contributed by atoms with Crippen molar-refractivity contribution in [3.63, 3.8) is 0 Å². The van der Waals surface area contributed by atoms with E-state index >= 15 is 0 Å². The number of hydrogen-bond donors (Lipinski definition) is 1. The molecule has 20 heavy (non-hydrogen) atoms. The van der Waals surface area contributed by atoms with Crippen LogP contribution in [0.25, 0.3) is 0 Å². The van der Waals surface area contributed by atoms with Gasteiger partial charge in [-0.25, -0.2) is 0 Å². The summed E-state index contributed by atoms with van der Waals surface area (Å²) in [6, 6.07) is 0.544. The number of ether oxygens (including phenoxy) is 2. The van der Waals surface area contributed by atoms with Crippen LogP contribution in [0.4, 0.5) is 0 Å². The van der Waals surface area contributed by atoms with Gasteiger partial charge in [0.05, 0.1) is 11.7 Å². The van der Waals surface area contributed by atoms with Crippen LogP contribution in [0.5, 0.6) is 0 Å². The topological polar surface area (TPSA) is 30.5 Å². The van der Waals surface area contributed by atoms with Gasteiger partial charge in [0.2, 0.25) is 0 Å². The van der Waals surface area contributed by atoms with Crippen LogP contribution in [-0.2, 0) is 9.47 Å². The molecular weight excluding hydrogens is 250 g/mol. The van der Waals surface area contributed by atoms with Crippen molar-refractivity contribution in [2.24, 2.45) is 11.3 Å². The van der Waals surface area contributed by atoms with Crippen LogP contribution in [0.2, 0.25) is 0 Å². The lowest BCUT2D eigenvalue weighted by Crippen LogP contribution is -2.45. The van der Waals surface area contributed by atoms with Gasteiger partial charge < -0.3 is 14.8 Å². The summed E-state index contributed by atoms with van der Waals surface area (Å²) in [6.45, 7) is 10.9. The highest BCUT2D eigenvalue weighted by molar-refractivity contribution is 5.01. The summed E-state index contributed by atoms with van der Waals surface area (Å²) in [5, 5.41) is 3.67. The van der Waals surface area contributed by atoms with Crippen molar-refractivity contribution in [3.8, 4) is 0 Å². The molecule has 0 bridgehead atoms. The first-order chi connectivity index (χ1) is 9.38. The highest BCUT2D eigenvalue weighted by Crippen LogP contribution is 2.50. The minimum atomic E-state index is -0.0263. The molecule has 0 aromatic rings. The zero-order valence-corrected chi connectivity index (χ0v) is 14.0. The molecule has 1 saturated carbocycles. The van der Waals surface area contributed by atoms with Crippen LogP contribution in [0.3, 0.4) is 0 Å². The Hall–Kier alpha value is -0.120. The first kappa shape index (κ1) is 16.3. The Morgan fingerprint density at radius 3 is 2.60 bits per heavy atom. The van der Waals surface area contributed by atoms with E-state index in [-0.39, 0.29) is 5.60 Å². The van der Waals surface area contributed by atoms with Crippen molar-refractivity contribution in [3.05, 3.63) is 0 Å². The van der Waals surface area contributed by atoms with Crippen LogP contribution < -0.4 is 5.32 Å². The second-order valence-electron chi connectivity index (χ2n) is 7.74. The van der Waals surface area contributed by atoms with Gasteiger partial charge in [-0.15, -0.1) is 0 Å². The smallest absolute Gasteiger partial charge is 0.0672 e. The van der Waals surface area contributed by atoms with E-state index in [0.29, 0.717) is 17.6 Å². The molecule has 2 atom stereocenters. The zero-order valence-electron chi connectivity index (χ0n) is 14.0. The number of hydrogen-bond acceptors (Lipinski definition) is 3. The molecule has 0 spiro atoms. The van der Waals surface area contributed by atoms with Gasteiger partial charge in [-0.1, -0.05) is 13.8 Å². The lowest BCUT2D eigenvalue weighted by Gasteiger charge is -2.38. The highest BCUT2D eigenvalue weighted by atomic mass is 16.5. The normalized spacial score (nSPS) is 31.2. The van der Waals surface area contributed by atoms with Crippen molar-refractivity contribution < 1.29 is 9.47 Å². The first-order valence-corrected chi connectivity index (χ1v) is 8.29. The fraction of sp³-hybridized carbons (Fsp3) is 1.00. The molecule has 3 heteroatoms. The van der Waals surface area contributed by atoms with Crippen LogP contribution in [0.15, 0.2) is 0 Å². The molecule has 1 aliphatic carbocycles. The van der Waals surface area contributed by atoms with Crippen molar-refractivity contribution in [1.82, 2.24) is 5.32 Å². The van der Waals surface area contributed by atoms with Gasteiger partial charge in [0.25, 0.3) is 0 Å². The minimum absolute atomic E-state index is 0.0263. The van der Waals surface area contributed by atoms with Gasteiger partial charge in [0.15, 0.2) is 0 Å². The molecule has 2 unspecified atom stereocenters. The van der Waals surface area contributed by atoms with E-state index in [2.05, 4.69) is 33.0 Å². The molecule has 118 valence electrons. The quantitative estimate of drug-likeness (QED) is 0.741. The molecule has 1 heterocycles. The van der Waals surface area contributed by atoms with Gasteiger partial charge in [-0.3, -0.25) is 0 Å². The SMILES string of the molecule is COC(C)(C)CCC1(CNC(C)C)CCOC1C1CC1. The van der Waals surface area contributed by atoms with E-state index in [1.165, 1.54) is 25.7 Å². The fourth-order valence-electron chi connectivity index (χ4n) is 3.35. The molecule has 3 nitrogen and oxygen atoms in total. The molecule has 2 rings (SSSR count). The van der Waals surface area contributed by atoms with Crippen molar-refractivity contribution in [2.75, 3.05) is 20.3 Å². The first-order valence-electron chi connectivity index (χ1n) is 8.29. The average molecular weight is 283 g/mol. The zero-order chi connectivity index (χ0) is 14.8. The van der Waals surface area contributed by atoms with Gasteiger partial charge in [-0.2, -0.15) is 0 Å². The maximum Gasteiger partial charge on any atom is 0.0672 e. The van der Waals surface area contributed by atoms with Crippen molar-refractivity contribution >= 4 is 0 Å². The fourth-order valence-corrected chi connectivity index (χ4v) is 3.35. The predicted molar refractivity (Wildman–Crippen MR) is 83.0 cm³/mol. The summed E-state index contributed by atoms with van der Waals surface area (Å²) < 4.78 is 11.8. The predicted octanol–water partition coefficient (Wildman–Crippen LogP) is 3.37. The molecule has 2 fully saturated rings. The van der Waals surface area contributed by atoms with Crippen LogP contribution >= 0.6 is 0 Å². The third-order valence-corrected chi connectivity index (χ3v) is 5.19. The van der Waals surface area contributed by atoms with E-state index in [9.17, 15) is 0 Å². The van der Waals surface area contributed by atoms with E-state index in [1.54, 1.807) is 0 Å². The van der Waals surface area contributed by atoms with Crippen molar-refractivity contribution in [1.29, 1.82) is 0 Å². The van der Waals surface area contributed by atoms with Crippen LogP contribution in [-0.4, -0.2) is 38.0 Å². The van der Waals surface area contributed by atoms with E-state index in [1.807, 2.05) is 7.11 Å². The minimum Gasteiger partial charge on any atom is -0.379 e. The van der Waals surface area contributed by atoms with Crippen LogP contribution in [0.1, 0.15) is 59.8 Å². The van der Waals surface area contributed by atoms with E-state index in [0.717, 1.165) is 25.5 Å². The molecule has 0 aromatic heterocycles. The third-order valence-electron chi connectivity index (χ3n) is 5.19. The Labute approximate surface area is 124 Å². The average Bonchev–Trinajstić information content (AvgIpc) is 3.16. The van der Waals surface area contributed by atoms with Gasteiger partial charge in [0, 0.05) is 31.7 Å². The summed E-state index contributed by atoms with van der Waals surface area (Å²) in [7, 11) is 1.82. The third kappa shape index (κ3) is 3.96. The second kappa shape index (κ2) is 6.33. The lowest BCUT2D eigenvalue weighted by molar-refractivity contribution is -0.0164. The molecule has 1 N–H and O–H groups in total. The summed E-state index contributed by atoms with van der Waals surface area (Å²) >= 11 is 0.